The summed E-state index contributed by atoms with van der Waals surface area (Å²) in [6, 6.07) is 1.54. The Morgan fingerprint density at radius 3 is 2.76 bits per heavy atom. The van der Waals surface area contributed by atoms with E-state index in [0.717, 1.165) is 25.2 Å². The molecule has 98 valence electrons. The Balaban J connectivity index is 1.61. The molecule has 0 bridgehead atoms. The summed E-state index contributed by atoms with van der Waals surface area (Å²) in [6.07, 6.45) is 5.43. The fourth-order valence-electron chi connectivity index (χ4n) is 2.65. The van der Waals surface area contributed by atoms with Crippen LogP contribution in [0.4, 0.5) is 0 Å². The fourth-order valence-corrected chi connectivity index (χ4v) is 2.65. The summed E-state index contributed by atoms with van der Waals surface area (Å²) in [5.74, 6) is 0. The van der Waals surface area contributed by atoms with Gasteiger partial charge in [0.25, 0.3) is 0 Å². The van der Waals surface area contributed by atoms with E-state index < -0.39 is 0 Å². The molecular weight excluding hydrogens is 210 g/mol. The second kappa shape index (κ2) is 5.98. The van der Waals surface area contributed by atoms with Crippen LogP contribution in [0.3, 0.4) is 0 Å². The van der Waals surface area contributed by atoms with Crippen LogP contribution in [0, 0.1) is 0 Å². The highest BCUT2D eigenvalue weighted by Gasteiger charge is 2.23. The van der Waals surface area contributed by atoms with Crippen molar-refractivity contribution >= 4 is 0 Å². The number of rotatable bonds is 7. The molecule has 2 aliphatic rings. The Morgan fingerprint density at radius 1 is 1.41 bits per heavy atom. The van der Waals surface area contributed by atoms with E-state index in [4.69, 9.17) is 0 Å². The predicted molar refractivity (Wildman–Crippen MR) is 73.3 cm³/mol. The van der Waals surface area contributed by atoms with E-state index in [1.807, 2.05) is 0 Å². The van der Waals surface area contributed by atoms with Crippen LogP contribution in [-0.2, 0) is 0 Å². The van der Waals surface area contributed by atoms with Gasteiger partial charge in [-0.15, -0.1) is 0 Å². The lowest BCUT2D eigenvalue weighted by atomic mass is 10.2. The standard InChI is InChI=1S/C14H27N3/c1-12(9-15-13-6-7-13)10-16(2)11-14-5-4-8-17(14)3/h13-15H,1,4-11H2,2-3H3. The van der Waals surface area contributed by atoms with Crippen molar-refractivity contribution in [1.82, 2.24) is 15.1 Å². The molecule has 1 heterocycles. The van der Waals surface area contributed by atoms with Gasteiger partial charge in [-0.2, -0.15) is 0 Å². The number of hydrogen-bond acceptors (Lipinski definition) is 3. The van der Waals surface area contributed by atoms with Crippen LogP contribution in [0.1, 0.15) is 25.7 Å². The summed E-state index contributed by atoms with van der Waals surface area (Å²) in [7, 11) is 4.46. The molecule has 3 nitrogen and oxygen atoms in total. The van der Waals surface area contributed by atoms with Crippen molar-refractivity contribution < 1.29 is 0 Å². The molecule has 0 aromatic rings. The number of likely N-dealkylation sites (tertiary alicyclic amines) is 1. The zero-order chi connectivity index (χ0) is 12.3. The van der Waals surface area contributed by atoms with Crippen LogP contribution in [-0.4, -0.2) is 62.2 Å². The maximum absolute atomic E-state index is 4.17. The molecule has 0 spiro atoms. The lowest BCUT2D eigenvalue weighted by Crippen LogP contribution is -2.38. The highest BCUT2D eigenvalue weighted by molar-refractivity contribution is 5.01. The number of likely N-dealkylation sites (N-methyl/N-ethyl adjacent to an activating group) is 2. The van der Waals surface area contributed by atoms with Gasteiger partial charge >= 0.3 is 0 Å². The van der Waals surface area contributed by atoms with Gasteiger partial charge in [0.2, 0.25) is 0 Å². The molecule has 1 aliphatic heterocycles. The Morgan fingerprint density at radius 2 is 2.18 bits per heavy atom. The van der Waals surface area contributed by atoms with E-state index in [-0.39, 0.29) is 0 Å². The summed E-state index contributed by atoms with van der Waals surface area (Å²) in [6.45, 7) is 8.64. The SMILES string of the molecule is C=C(CNC1CC1)CN(C)CC1CCCN1C. The van der Waals surface area contributed by atoms with E-state index in [0.29, 0.717) is 0 Å². The van der Waals surface area contributed by atoms with Gasteiger partial charge in [-0.05, 0) is 51.9 Å². The molecular formula is C14H27N3. The van der Waals surface area contributed by atoms with Crippen LogP contribution in [0.15, 0.2) is 12.2 Å². The quantitative estimate of drug-likeness (QED) is 0.674. The lowest BCUT2D eigenvalue weighted by molar-refractivity contribution is 0.229. The molecule has 0 aromatic carbocycles. The molecule has 1 saturated heterocycles. The third-order valence-corrected chi connectivity index (χ3v) is 3.91. The maximum atomic E-state index is 4.17. The minimum atomic E-state index is 0.754. The van der Waals surface area contributed by atoms with Gasteiger partial charge in [0.1, 0.15) is 0 Å². The Bertz CT molecular complexity index is 260. The van der Waals surface area contributed by atoms with Crippen molar-refractivity contribution in [2.75, 3.05) is 40.3 Å². The Labute approximate surface area is 106 Å². The topological polar surface area (TPSA) is 18.5 Å². The molecule has 17 heavy (non-hydrogen) atoms. The van der Waals surface area contributed by atoms with E-state index in [1.165, 1.54) is 44.3 Å². The predicted octanol–water partition coefficient (Wildman–Crippen LogP) is 1.32. The zero-order valence-electron chi connectivity index (χ0n) is 11.4. The molecule has 0 amide bonds. The summed E-state index contributed by atoms with van der Waals surface area (Å²) in [5.41, 5.74) is 1.32. The molecule has 0 radical (unpaired) electrons. The molecule has 1 aliphatic carbocycles. The number of nitrogens with one attached hydrogen (secondary N) is 1. The fraction of sp³-hybridized carbons (Fsp3) is 0.857. The molecule has 3 heteroatoms. The van der Waals surface area contributed by atoms with Gasteiger partial charge in [0, 0.05) is 31.7 Å². The molecule has 2 rings (SSSR count). The molecule has 2 fully saturated rings. The first-order valence-corrected chi connectivity index (χ1v) is 6.94. The maximum Gasteiger partial charge on any atom is 0.0220 e. The highest BCUT2D eigenvalue weighted by atomic mass is 15.2. The van der Waals surface area contributed by atoms with E-state index >= 15 is 0 Å². The molecule has 1 N–H and O–H groups in total. The first-order valence-electron chi connectivity index (χ1n) is 6.94. The summed E-state index contributed by atoms with van der Waals surface area (Å²) in [4.78, 5) is 4.91. The van der Waals surface area contributed by atoms with Crippen molar-refractivity contribution in [3.05, 3.63) is 12.2 Å². The monoisotopic (exact) mass is 237 g/mol. The van der Waals surface area contributed by atoms with Crippen LogP contribution in [0.5, 0.6) is 0 Å². The minimum absolute atomic E-state index is 0.754. The summed E-state index contributed by atoms with van der Waals surface area (Å²) in [5, 5.41) is 3.53. The van der Waals surface area contributed by atoms with Gasteiger partial charge in [-0.1, -0.05) is 6.58 Å². The third kappa shape index (κ3) is 4.41. The second-order valence-corrected chi connectivity index (χ2v) is 5.88. The van der Waals surface area contributed by atoms with Crippen LogP contribution < -0.4 is 5.32 Å². The third-order valence-electron chi connectivity index (χ3n) is 3.91. The minimum Gasteiger partial charge on any atom is -0.310 e. The normalized spacial score (nSPS) is 25.7. The summed E-state index contributed by atoms with van der Waals surface area (Å²) >= 11 is 0. The first kappa shape index (κ1) is 13.1. The van der Waals surface area contributed by atoms with Crippen LogP contribution >= 0.6 is 0 Å². The second-order valence-electron chi connectivity index (χ2n) is 5.88. The molecule has 0 aromatic heterocycles. The number of hydrogen-bond donors (Lipinski definition) is 1. The largest absolute Gasteiger partial charge is 0.310 e. The molecule has 1 atom stereocenters. The van der Waals surface area contributed by atoms with Crippen molar-refractivity contribution in [3.63, 3.8) is 0 Å². The van der Waals surface area contributed by atoms with Crippen molar-refractivity contribution in [1.29, 1.82) is 0 Å². The average molecular weight is 237 g/mol. The van der Waals surface area contributed by atoms with Gasteiger partial charge in [-0.25, -0.2) is 0 Å². The van der Waals surface area contributed by atoms with Gasteiger partial charge in [0.05, 0.1) is 0 Å². The van der Waals surface area contributed by atoms with Crippen molar-refractivity contribution in [2.45, 2.75) is 37.8 Å². The molecule has 1 saturated carbocycles. The van der Waals surface area contributed by atoms with Crippen LogP contribution in [0.2, 0.25) is 0 Å². The van der Waals surface area contributed by atoms with Crippen molar-refractivity contribution in [3.8, 4) is 0 Å². The van der Waals surface area contributed by atoms with Gasteiger partial charge in [-0.3, -0.25) is 0 Å². The van der Waals surface area contributed by atoms with E-state index in [2.05, 4.69) is 35.8 Å². The smallest absolute Gasteiger partial charge is 0.0220 e. The van der Waals surface area contributed by atoms with Gasteiger partial charge < -0.3 is 15.1 Å². The highest BCUT2D eigenvalue weighted by Crippen LogP contribution is 2.19. The Kier molecular flexibility index (Phi) is 4.60. The molecule has 1 unspecified atom stereocenters. The first-order chi connectivity index (χ1) is 8.15. The summed E-state index contributed by atoms with van der Waals surface area (Å²) < 4.78 is 0. The lowest BCUT2D eigenvalue weighted by Gasteiger charge is -2.26. The van der Waals surface area contributed by atoms with Crippen molar-refractivity contribution in [2.24, 2.45) is 0 Å². The average Bonchev–Trinajstić information content (AvgIpc) is 3.02. The number of nitrogens with zero attached hydrogens (tertiary/aromatic N) is 2. The van der Waals surface area contributed by atoms with E-state index in [9.17, 15) is 0 Å². The zero-order valence-corrected chi connectivity index (χ0v) is 11.4. The van der Waals surface area contributed by atoms with Crippen LogP contribution in [0.25, 0.3) is 0 Å². The van der Waals surface area contributed by atoms with Gasteiger partial charge in [0.15, 0.2) is 0 Å². The Hall–Kier alpha value is -0.380. The van der Waals surface area contributed by atoms with E-state index in [1.54, 1.807) is 0 Å².